The van der Waals surface area contributed by atoms with Gasteiger partial charge in [0.15, 0.2) is 0 Å². The Morgan fingerprint density at radius 2 is 1.95 bits per heavy atom. The van der Waals surface area contributed by atoms with Crippen molar-refractivity contribution < 1.29 is 22.7 Å². The molecule has 0 radical (unpaired) electrons. The van der Waals surface area contributed by atoms with E-state index in [9.17, 15) is 18.0 Å². The Bertz CT molecular complexity index is 699. The molecule has 0 N–H and O–H groups in total. The number of carbonyl (C=O) groups excluding carboxylic acids is 1. The molecule has 0 saturated carbocycles. The molecule has 1 aromatic heterocycles. The van der Waals surface area contributed by atoms with E-state index in [0.29, 0.717) is 24.6 Å². The highest BCUT2D eigenvalue weighted by Crippen LogP contribution is 2.32. The maximum absolute atomic E-state index is 12.5. The number of pyridine rings is 1. The van der Waals surface area contributed by atoms with Crippen molar-refractivity contribution in [2.24, 2.45) is 0 Å². The Morgan fingerprint density at radius 1 is 1.18 bits per heavy atom. The molecular formula is C15H11F3N2O2. The lowest BCUT2D eigenvalue weighted by molar-refractivity contribution is -0.141. The lowest BCUT2D eigenvalue weighted by Gasteiger charge is -2.29. The van der Waals surface area contributed by atoms with Gasteiger partial charge in [-0.25, -0.2) is 0 Å². The number of rotatable bonds is 1. The normalized spacial score (nSPS) is 14.2. The van der Waals surface area contributed by atoms with E-state index in [1.807, 2.05) is 0 Å². The molecule has 7 heteroatoms. The summed E-state index contributed by atoms with van der Waals surface area (Å²) in [6.07, 6.45) is -3.57. The molecule has 4 nitrogen and oxygen atoms in total. The Kier molecular flexibility index (Phi) is 3.48. The zero-order valence-corrected chi connectivity index (χ0v) is 11.3. The average molecular weight is 308 g/mol. The van der Waals surface area contributed by atoms with Crippen molar-refractivity contribution in [1.82, 2.24) is 4.98 Å². The van der Waals surface area contributed by atoms with Gasteiger partial charge in [0.2, 0.25) is 0 Å². The van der Waals surface area contributed by atoms with Crippen LogP contribution in [0.15, 0.2) is 42.6 Å². The molecule has 3 rings (SSSR count). The van der Waals surface area contributed by atoms with E-state index in [1.54, 1.807) is 24.3 Å². The van der Waals surface area contributed by atoms with E-state index in [2.05, 4.69) is 4.98 Å². The molecule has 0 atom stereocenters. The molecule has 0 spiro atoms. The molecule has 114 valence electrons. The number of carbonyl (C=O) groups is 1. The Morgan fingerprint density at radius 3 is 2.64 bits per heavy atom. The van der Waals surface area contributed by atoms with Gasteiger partial charge in [-0.05, 0) is 24.3 Å². The lowest BCUT2D eigenvalue weighted by Crippen LogP contribution is -2.38. The third-order valence-electron chi connectivity index (χ3n) is 3.27. The highest BCUT2D eigenvalue weighted by molar-refractivity contribution is 6.06. The highest BCUT2D eigenvalue weighted by Gasteiger charge is 2.32. The van der Waals surface area contributed by atoms with Crippen molar-refractivity contribution in [3.63, 3.8) is 0 Å². The summed E-state index contributed by atoms with van der Waals surface area (Å²) >= 11 is 0. The van der Waals surface area contributed by atoms with E-state index >= 15 is 0 Å². The number of amides is 1. The fourth-order valence-electron chi connectivity index (χ4n) is 2.22. The van der Waals surface area contributed by atoms with Crippen LogP contribution >= 0.6 is 0 Å². The number of para-hydroxylation sites is 2. The molecule has 1 aromatic carbocycles. The van der Waals surface area contributed by atoms with Crippen LogP contribution in [0.4, 0.5) is 18.9 Å². The second-order valence-corrected chi connectivity index (χ2v) is 4.70. The molecule has 0 fully saturated rings. The number of halogens is 3. The van der Waals surface area contributed by atoms with Gasteiger partial charge in [0.25, 0.3) is 5.91 Å². The Labute approximate surface area is 124 Å². The second kappa shape index (κ2) is 5.32. The molecule has 0 bridgehead atoms. The Hall–Kier alpha value is -2.57. The molecule has 0 unspecified atom stereocenters. The summed E-state index contributed by atoms with van der Waals surface area (Å²) in [6, 6.07) is 8.95. The van der Waals surface area contributed by atoms with E-state index < -0.39 is 17.8 Å². The van der Waals surface area contributed by atoms with E-state index in [0.717, 1.165) is 18.3 Å². The summed E-state index contributed by atoms with van der Waals surface area (Å²) < 4.78 is 42.9. The van der Waals surface area contributed by atoms with Gasteiger partial charge < -0.3 is 9.64 Å². The maximum Gasteiger partial charge on any atom is 0.433 e. The molecule has 1 aliphatic heterocycles. The van der Waals surface area contributed by atoms with Crippen LogP contribution in [0.25, 0.3) is 0 Å². The SMILES string of the molecule is O=C(c1ccc(C(F)(F)F)nc1)N1CCOc2ccccc21. The molecule has 1 amide bonds. The fourth-order valence-corrected chi connectivity index (χ4v) is 2.22. The highest BCUT2D eigenvalue weighted by atomic mass is 19.4. The fraction of sp³-hybridized carbons (Fsp3) is 0.200. The molecule has 2 heterocycles. The van der Waals surface area contributed by atoms with Gasteiger partial charge in [0.05, 0.1) is 17.8 Å². The third-order valence-corrected chi connectivity index (χ3v) is 3.27. The minimum atomic E-state index is -4.52. The molecule has 1 aliphatic rings. The van der Waals surface area contributed by atoms with Crippen LogP contribution in [0, 0.1) is 0 Å². The van der Waals surface area contributed by atoms with E-state index in [1.165, 1.54) is 4.90 Å². The monoisotopic (exact) mass is 308 g/mol. The van der Waals surface area contributed by atoms with Crippen LogP contribution in [0.5, 0.6) is 5.75 Å². The number of alkyl halides is 3. The predicted molar refractivity (Wildman–Crippen MR) is 72.9 cm³/mol. The van der Waals surface area contributed by atoms with Crippen LogP contribution in [0.3, 0.4) is 0 Å². The molecule has 2 aromatic rings. The van der Waals surface area contributed by atoms with Crippen molar-refractivity contribution in [2.75, 3.05) is 18.1 Å². The summed E-state index contributed by atoms with van der Waals surface area (Å²) in [6.45, 7) is 0.660. The van der Waals surface area contributed by atoms with Gasteiger partial charge in [-0.3, -0.25) is 9.78 Å². The molecule has 22 heavy (non-hydrogen) atoms. The topological polar surface area (TPSA) is 42.4 Å². The van der Waals surface area contributed by atoms with Gasteiger partial charge in [-0.15, -0.1) is 0 Å². The first-order chi connectivity index (χ1) is 10.5. The largest absolute Gasteiger partial charge is 0.490 e. The maximum atomic E-state index is 12.5. The standard InChI is InChI=1S/C15H11F3N2O2/c16-15(17,18)13-6-5-10(9-19-13)14(21)20-7-8-22-12-4-2-1-3-11(12)20/h1-6,9H,7-8H2. The van der Waals surface area contributed by atoms with Crippen molar-refractivity contribution in [2.45, 2.75) is 6.18 Å². The van der Waals surface area contributed by atoms with Gasteiger partial charge in [0, 0.05) is 6.20 Å². The first kappa shape index (κ1) is 14.4. The molecule has 0 saturated heterocycles. The number of anilines is 1. The van der Waals surface area contributed by atoms with Crippen LogP contribution in [0.2, 0.25) is 0 Å². The van der Waals surface area contributed by atoms with Gasteiger partial charge in [0.1, 0.15) is 18.1 Å². The number of hydrogen-bond donors (Lipinski definition) is 0. The van der Waals surface area contributed by atoms with Crippen molar-refractivity contribution in [3.05, 3.63) is 53.9 Å². The molecule has 0 aliphatic carbocycles. The smallest absolute Gasteiger partial charge is 0.433 e. The number of fused-ring (bicyclic) bond motifs is 1. The summed E-state index contributed by atoms with van der Waals surface area (Å²) in [5.74, 6) is 0.166. The number of ether oxygens (including phenoxy) is 1. The summed E-state index contributed by atoms with van der Waals surface area (Å²) in [5, 5.41) is 0. The van der Waals surface area contributed by atoms with E-state index in [4.69, 9.17) is 4.74 Å². The number of hydrogen-bond acceptors (Lipinski definition) is 3. The summed E-state index contributed by atoms with van der Waals surface area (Å²) in [7, 11) is 0. The first-order valence-electron chi connectivity index (χ1n) is 6.54. The van der Waals surface area contributed by atoms with Crippen molar-refractivity contribution >= 4 is 11.6 Å². The third kappa shape index (κ3) is 2.61. The minimum absolute atomic E-state index is 0.102. The quantitative estimate of drug-likeness (QED) is 0.813. The zero-order chi connectivity index (χ0) is 15.7. The van der Waals surface area contributed by atoms with Crippen LogP contribution < -0.4 is 9.64 Å². The number of aromatic nitrogens is 1. The van der Waals surface area contributed by atoms with Crippen molar-refractivity contribution in [1.29, 1.82) is 0 Å². The van der Waals surface area contributed by atoms with Crippen LogP contribution in [-0.2, 0) is 6.18 Å². The average Bonchev–Trinajstić information content (AvgIpc) is 2.53. The first-order valence-corrected chi connectivity index (χ1v) is 6.54. The lowest BCUT2D eigenvalue weighted by atomic mass is 10.1. The second-order valence-electron chi connectivity index (χ2n) is 4.70. The Balaban J connectivity index is 1.89. The van der Waals surface area contributed by atoms with Gasteiger partial charge in [-0.2, -0.15) is 13.2 Å². The van der Waals surface area contributed by atoms with Crippen LogP contribution in [0.1, 0.15) is 16.1 Å². The number of benzene rings is 1. The summed E-state index contributed by atoms with van der Waals surface area (Å²) in [4.78, 5) is 17.3. The zero-order valence-electron chi connectivity index (χ0n) is 11.3. The minimum Gasteiger partial charge on any atom is -0.490 e. The summed E-state index contributed by atoms with van der Waals surface area (Å²) in [5.41, 5.74) is -0.324. The molecular weight excluding hydrogens is 297 g/mol. The van der Waals surface area contributed by atoms with E-state index in [-0.39, 0.29) is 5.56 Å². The number of nitrogens with zero attached hydrogens (tertiary/aromatic N) is 2. The predicted octanol–water partition coefficient (Wildman–Crippen LogP) is 3.14. The van der Waals surface area contributed by atoms with Crippen molar-refractivity contribution in [3.8, 4) is 5.75 Å². The van der Waals surface area contributed by atoms with Crippen LogP contribution in [-0.4, -0.2) is 24.0 Å². The van der Waals surface area contributed by atoms with Gasteiger partial charge in [-0.1, -0.05) is 12.1 Å². The van der Waals surface area contributed by atoms with Gasteiger partial charge >= 0.3 is 6.18 Å².